The molecule has 132 valence electrons. The van der Waals surface area contributed by atoms with Crippen molar-refractivity contribution >= 4 is 11.6 Å². The first-order valence-electron chi connectivity index (χ1n) is 7.91. The first kappa shape index (κ1) is 17.2. The van der Waals surface area contributed by atoms with Crippen LogP contribution in [0.15, 0.2) is 59.7 Å². The van der Waals surface area contributed by atoms with Crippen LogP contribution < -0.4 is 10.2 Å². The maximum atomic E-state index is 12.2. The molecule has 0 aliphatic rings. The van der Waals surface area contributed by atoms with Crippen LogP contribution in [0, 0.1) is 0 Å². The molecule has 0 atom stereocenters. The van der Waals surface area contributed by atoms with Gasteiger partial charge in [-0.3, -0.25) is 9.89 Å². The number of methoxy groups -OCH3 is 1. The molecule has 7 heteroatoms. The molecule has 0 radical (unpaired) electrons. The molecule has 2 aromatic carbocycles. The SMILES string of the molecule is COc1ccc(-c2cc(C(=O)N/N=C(\C)c3ccccc3O)[nH]n2)cc1. The van der Waals surface area contributed by atoms with Gasteiger partial charge in [-0.1, -0.05) is 12.1 Å². The number of aromatic nitrogens is 2. The summed E-state index contributed by atoms with van der Waals surface area (Å²) in [6.07, 6.45) is 0. The lowest BCUT2D eigenvalue weighted by molar-refractivity contribution is 0.0950. The van der Waals surface area contributed by atoms with E-state index in [1.54, 1.807) is 44.4 Å². The normalized spacial score (nSPS) is 11.2. The van der Waals surface area contributed by atoms with Crippen LogP contribution in [0.2, 0.25) is 0 Å². The molecule has 3 rings (SSSR count). The van der Waals surface area contributed by atoms with E-state index in [1.807, 2.05) is 24.3 Å². The van der Waals surface area contributed by atoms with Crippen LogP contribution in [0.1, 0.15) is 23.0 Å². The second kappa shape index (κ2) is 7.52. The second-order valence-corrected chi connectivity index (χ2v) is 5.55. The molecule has 3 aromatic rings. The number of H-pyrrole nitrogens is 1. The van der Waals surface area contributed by atoms with Crippen LogP contribution in [-0.4, -0.2) is 34.0 Å². The summed E-state index contributed by atoms with van der Waals surface area (Å²) in [4.78, 5) is 12.2. The van der Waals surface area contributed by atoms with Crippen LogP contribution in [0.25, 0.3) is 11.3 Å². The van der Waals surface area contributed by atoms with Crippen molar-refractivity contribution in [1.82, 2.24) is 15.6 Å². The van der Waals surface area contributed by atoms with Crippen molar-refractivity contribution in [2.24, 2.45) is 5.10 Å². The Kier molecular flexibility index (Phi) is 4.98. The number of phenols is 1. The van der Waals surface area contributed by atoms with Crippen molar-refractivity contribution in [3.05, 3.63) is 65.9 Å². The number of para-hydroxylation sites is 1. The number of carbonyl (C=O) groups excluding carboxylic acids is 1. The summed E-state index contributed by atoms with van der Waals surface area (Å²) in [6, 6.07) is 15.8. The van der Waals surface area contributed by atoms with Crippen molar-refractivity contribution in [3.63, 3.8) is 0 Å². The van der Waals surface area contributed by atoms with Gasteiger partial charge in [0.05, 0.1) is 18.5 Å². The van der Waals surface area contributed by atoms with Crippen molar-refractivity contribution in [2.45, 2.75) is 6.92 Å². The number of rotatable bonds is 5. The fourth-order valence-electron chi connectivity index (χ4n) is 2.38. The second-order valence-electron chi connectivity index (χ2n) is 5.55. The highest BCUT2D eigenvalue weighted by Crippen LogP contribution is 2.21. The Morgan fingerprint density at radius 3 is 2.62 bits per heavy atom. The minimum absolute atomic E-state index is 0.103. The Hall–Kier alpha value is -3.61. The Morgan fingerprint density at radius 1 is 1.19 bits per heavy atom. The van der Waals surface area contributed by atoms with Crippen molar-refractivity contribution < 1.29 is 14.6 Å². The highest BCUT2D eigenvalue weighted by molar-refractivity contribution is 6.02. The van der Waals surface area contributed by atoms with E-state index in [2.05, 4.69) is 20.7 Å². The number of phenolic OH excluding ortho intramolecular Hbond substituents is 1. The van der Waals surface area contributed by atoms with E-state index in [4.69, 9.17) is 4.74 Å². The summed E-state index contributed by atoms with van der Waals surface area (Å²) < 4.78 is 5.12. The number of ether oxygens (including phenoxy) is 1. The van der Waals surface area contributed by atoms with Gasteiger partial charge in [-0.2, -0.15) is 10.2 Å². The Bertz CT molecular complexity index is 945. The van der Waals surface area contributed by atoms with Crippen LogP contribution in [-0.2, 0) is 0 Å². The molecule has 0 saturated heterocycles. The summed E-state index contributed by atoms with van der Waals surface area (Å²) in [7, 11) is 1.60. The van der Waals surface area contributed by atoms with Crippen LogP contribution >= 0.6 is 0 Å². The highest BCUT2D eigenvalue weighted by atomic mass is 16.5. The largest absolute Gasteiger partial charge is 0.507 e. The van der Waals surface area contributed by atoms with Gasteiger partial charge in [0.25, 0.3) is 5.91 Å². The minimum Gasteiger partial charge on any atom is -0.507 e. The molecule has 0 aliphatic heterocycles. The molecule has 26 heavy (non-hydrogen) atoms. The van der Waals surface area contributed by atoms with Gasteiger partial charge in [0.15, 0.2) is 0 Å². The molecule has 0 saturated carbocycles. The lowest BCUT2D eigenvalue weighted by Crippen LogP contribution is -2.19. The topological polar surface area (TPSA) is 99.6 Å². The zero-order valence-corrected chi connectivity index (χ0v) is 14.4. The molecule has 1 heterocycles. The van der Waals surface area contributed by atoms with Gasteiger partial charge in [-0.15, -0.1) is 0 Å². The maximum absolute atomic E-state index is 12.2. The summed E-state index contributed by atoms with van der Waals surface area (Å²) in [6.45, 7) is 1.70. The van der Waals surface area contributed by atoms with E-state index < -0.39 is 5.91 Å². The first-order valence-corrected chi connectivity index (χ1v) is 7.91. The van der Waals surface area contributed by atoms with Gasteiger partial charge in [0.1, 0.15) is 17.2 Å². The molecule has 0 unspecified atom stereocenters. The zero-order valence-electron chi connectivity index (χ0n) is 14.4. The Balaban J connectivity index is 1.72. The molecule has 1 aromatic heterocycles. The number of benzene rings is 2. The zero-order chi connectivity index (χ0) is 18.5. The molecule has 0 spiro atoms. The standard InChI is InChI=1S/C19H18N4O3/c1-12(15-5-3-4-6-18(15)24)20-23-19(25)17-11-16(21-22-17)13-7-9-14(26-2)10-8-13/h3-11,24H,1-2H3,(H,21,22)(H,23,25)/b20-12+. The third kappa shape index (κ3) is 3.72. The van der Waals surface area contributed by atoms with E-state index in [-0.39, 0.29) is 11.4 Å². The van der Waals surface area contributed by atoms with E-state index in [1.165, 1.54) is 0 Å². The average molecular weight is 350 g/mol. The van der Waals surface area contributed by atoms with E-state index >= 15 is 0 Å². The highest BCUT2D eigenvalue weighted by Gasteiger charge is 2.11. The number of nitrogens with one attached hydrogen (secondary N) is 2. The molecule has 7 nitrogen and oxygen atoms in total. The van der Waals surface area contributed by atoms with Crippen LogP contribution in [0.5, 0.6) is 11.5 Å². The Labute approximate surface area is 150 Å². The lowest BCUT2D eigenvalue weighted by atomic mass is 10.1. The van der Waals surface area contributed by atoms with Gasteiger partial charge in [0, 0.05) is 11.1 Å². The van der Waals surface area contributed by atoms with Gasteiger partial charge < -0.3 is 9.84 Å². The molecular weight excluding hydrogens is 332 g/mol. The van der Waals surface area contributed by atoms with Crippen molar-refractivity contribution in [1.29, 1.82) is 0 Å². The van der Waals surface area contributed by atoms with Gasteiger partial charge >= 0.3 is 0 Å². The average Bonchev–Trinajstić information content (AvgIpc) is 3.16. The number of hydrazone groups is 1. The summed E-state index contributed by atoms with van der Waals surface area (Å²) in [5.74, 6) is 0.426. The van der Waals surface area contributed by atoms with Crippen molar-refractivity contribution in [2.75, 3.05) is 7.11 Å². The van der Waals surface area contributed by atoms with Crippen LogP contribution in [0.4, 0.5) is 0 Å². The quantitative estimate of drug-likeness (QED) is 0.486. The number of nitrogens with zero attached hydrogens (tertiary/aromatic N) is 2. The molecule has 0 bridgehead atoms. The summed E-state index contributed by atoms with van der Waals surface area (Å²) >= 11 is 0. The first-order chi connectivity index (χ1) is 12.6. The van der Waals surface area contributed by atoms with Gasteiger partial charge in [-0.05, 0) is 49.4 Å². The third-order valence-electron chi connectivity index (χ3n) is 3.83. The summed E-state index contributed by atoms with van der Waals surface area (Å²) in [5, 5.41) is 20.7. The van der Waals surface area contributed by atoms with E-state index in [9.17, 15) is 9.90 Å². The fraction of sp³-hybridized carbons (Fsp3) is 0.105. The van der Waals surface area contributed by atoms with E-state index in [0.717, 1.165) is 11.3 Å². The third-order valence-corrected chi connectivity index (χ3v) is 3.83. The summed E-state index contributed by atoms with van der Waals surface area (Å²) in [5.41, 5.74) is 5.27. The monoisotopic (exact) mass is 350 g/mol. The molecule has 0 fully saturated rings. The van der Waals surface area contributed by atoms with Crippen molar-refractivity contribution in [3.8, 4) is 22.8 Å². The predicted octanol–water partition coefficient (Wildman–Crippen LogP) is 2.94. The predicted molar refractivity (Wildman–Crippen MR) is 98.4 cm³/mol. The molecule has 1 amide bonds. The lowest BCUT2D eigenvalue weighted by Gasteiger charge is -2.03. The van der Waals surface area contributed by atoms with Gasteiger partial charge in [0.2, 0.25) is 0 Å². The number of hydrogen-bond donors (Lipinski definition) is 3. The number of aromatic hydroxyl groups is 1. The molecule has 0 aliphatic carbocycles. The number of aromatic amines is 1. The van der Waals surface area contributed by atoms with E-state index in [0.29, 0.717) is 17.0 Å². The smallest absolute Gasteiger partial charge is 0.289 e. The maximum Gasteiger partial charge on any atom is 0.289 e. The molecule has 3 N–H and O–H groups in total. The molecular formula is C19H18N4O3. The minimum atomic E-state index is -0.424. The number of amides is 1. The van der Waals surface area contributed by atoms with Gasteiger partial charge in [-0.25, -0.2) is 5.43 Å². The number of hydrogen-bond acceptors (Lipinski definition) is 5. The fourth-order valence-corrected chi connectivity index (χ4v) is 2.38. The number of carbonyl (C=O) groups is 1. The Morgan fingerprint density at radius 2 is 1.92 bits per heavy atom. The van der Waals surface area contributed by atoms with Crippen LogP contribution in [0.3, 0.4) is 0 Å².